The SMILES string of the molecule is CCOC(=O)C1=C(C)N=c2s/c(=C\c3ccc(OCc4ccc(Cl)cc4Cl)c(OCC)c3)c(=O)n2[C@H]1c1ccc(OCC)cc1. The number of hydrogen-bond donors (Lipinski definition) is 0. The van der Waals surface area contributed by atoms with Crippen LogP contribution in [0.4, 0.5) is 0 Å². The van der Waals surface area contributed by atoms with E-state index in [1.165, 1.54) is 11.3 Å². The summed E-state index contributed by atoms with van der Waals surface area (Å²) in [5.74, 6) is 1.24. The highest BCUT2D eigenvalue weighted by molar-refractivity contribution is 7.07. The first-order chi connectivity index (χ1) is 21.7. The molecule has 5 rings (SSSR count). The lowest BCUT2D eigenvalue weighted by molar-refractivity contribution is -0.139. The molecule has 8 nitrogen and oxygen atoms in total. The first-order valence-corrected chi connectivity index (χ1v) is 16.1. The average Bonchev–Trinajstić information content (AvgIpc) is 3.31. The summed E-state index contributed by atoms with van der Waals surface area (Å²) >= 11 is 13.6. The van der Waals surface area contributed by atoms with Crippen LogP contribution in [0.2, 0.25) is 10.0 Å². The van der Waals surface area contributed by atoms with Crippen LogP contribution in [-0.2, 0) is 16.1 Å². The number of carbonyl (C=O) groups excluding carboxylic acids is 1. The average molecular weight is 668 g/mol. The molecule has 0 spiro atoms. The van der Waals surface area contributed by atoms with Crippen LogP contribution in [0.5, 0.6) is 17.2 Å². The minimum Gasteiger partial charge on any atom is -0.494 e. The zero-order chi connectivity index (χ0) is 32.1. The molecule has 3 aromatic carbocycles. The Morgan fingerprint density at radius 1 is 0.933 bits per heavy atom. The molecule has 0 N–H and O–H groups in total. The fraction of sp³-hybridized carbons (Fsp3) is 0.265. The molecule has 45 heavy (non-hydrogen) atoms. The summed E-state index contributed by atoms with van der Waals surface area (Å²) in [5, 5.41) is 1.06. The van der Waals surface area contributed by atoms with Gasteiger partial charge in [0.25, 0.3) is 5.56 Å². The molecule has 0 saturated heterocycles. The van der Waals surface area contributed by atoms with E-state index in [0.29, 0.717) is 61.1 Å². The van der Waals surface area contributed by atoms with Crippen LogP contribution in [0.25, 0.3) is 6.08 Å². The van der Waals surface area contributed by atoms with Crippen LogP contribution in [0.3, 0.4) is 0 Å². The number of aromatic nitrogens is 1. The van der Waals surface area contributed by atoms with Gasteiger partial charge in [0.1, 0.15) is 12.4 Å². The molecule has 2 heterocycles. The predicted octanol–water partition coefficient (Wildman–Crippen LogP) is 6.48. The molecule has 0 unspecified atom stereocenters. The normalized spacial score (nSPS) is 14.5. The second-order valence-electron chi connectivity index (χ2n) is 9.97. The number of halogens is 2. The number of allylic oxidation sites excluding steroid dienone is 1. The van der Waals surface area contributed by atoms with E-state index in [2.05, 4.69) is 4.99 Å². The van der Waals surface area contributed by atoms with Crippen molar-refractivity contribution in [2.45, 2.75) is 40.3 Å². The maximum Gasteiger partial charge on any atom is 0.338 e. The number of rotatable bonds is 11. The first kappa shape index (κ1) is 32.3. The van der Waals surface area contributed by atoms with Crippen LogP contribution < -0.4 is 29.1 Å². The highest BCUT2D eigenvalue weighted by Crippen LogP contribution is 2.33. The summed E-state index contributed by atoms with van der Waals surface area (Å²) in [6, 6.07) is 17.3. The number of hydrogen-bond acceptors (Lipinski definition) is 8. The number of thiazole rings is 1. The summed E-state index contributed by atoms with van der Waals surface area (Å²) in [6.45, 7) is 8.66. The number of carbonyl (C=O) groups is 1. The third kappa shape index (κ3) is 7.11. The fourth-order valence-corrected chi connectivity index (χ4v) is 6.48. The molecule has 4 aromatic rings. The Morgan fingerprint density at radius 2 is 1.69 bits per heavy atom. The van der Waals surface area contributed by atoms with E-state index < -0.39 is 12.0 Å². The Labute approximate surface area is 274 Å². The van der Waals surface area contributed by atoms with Crippen molar-refractivity contribution in [3.05, 3.63) is 118 Å². The van der Waals surface area contributed by atoms with E-state index in [1.54, 1.807) is 42.7 Å². The lowest BCUT2D eigenvalue weighted by Gasteiger charge is -2.24. The number of nitrogens with zero attached hydrogens (tertiary/aromatic N) is 2. The van der Waals surface area contributed by atoms with Crippen molar-refractivity contribution in [2.24, 2.45) is 4.99 Å². The summed E-state index contributed by atoms with van der Waals surface area (Å²) in [6.07, 6.45) is 1.78. The number of benzene rings is 3. The molecule has 0 aliphatic carbocycles. The van der Waals surface area contributed by atoms with Crippen molar-refractivity contribution in [1.82, 2.24) is 4.57 Å². The van der Waals surface area contributed by atoms with Gasteiger partial charge in [-0.25, -0.2) is 9.79 Å². The van der Waals surface area contributed by atoms with Crippen LogP contribution in [0.15, 0.2) is 81.7 Å². The van der Waals surface area contributed by atoms with E-state index in [-0.39, 0.29) is 18.8 Å². The van der Waals surface area contributed by atoms with Crippen LogP contribution in [-0.4, -0.2) is 30.4 Å². The second kappa shape index (κ2) is 14.4. The maximum atomic E-state index is 14.0. The molecule has 0 saturated carbocycles. The van der Waals surface area contributed by atoms with Gasteiger partial charge in [0.2, 0.25) is 0 Å². The molecule has 1 aliphatic rings. The fourth-order valence-electron chi connectivity index (χ4n) is 4.97. The van der Waals surface area contributed by atoms with Gasteiger partial charge < -0.3 is 18.9 Å². The number of fused-ring (bicyclic) bond motifs is 1. The van der Waals surface area contributed by atoms with Crippen LogP contribution >= 0.6 is 34.5 Å². The summed E-state index contributed by atoms with van der Waals surface area (Å²) in [4.78, 5) is 32.3. The molecule has 234 valence electrons. The Morgan fingerprint density at radius 3 is 2.38 bits per heavy atom. The summed E-state index contributed by atoms with van der Waals surface area (Å²) in [5.41, 5.74) is 2.81. The second-order valence-corrected chi connectivity index (χ2v) is 11.8. The highest BCUT2D eigenvalue weighted by Gasteiger charge is 2.33. The zero-order valence-electron chi connectivity index (χ0n) is 25.3. The Balaban J connectivity index is 1.54. The van der Waals surface area contributed by atoms with Crippen molar-refractivity contribution in [3.8, 4) is 17.2 Å². The highest BCUT2D eigenvalue weighted by atomic mass is 35.5. The lowest BCUT2D eigenvalue weighted by Crippen LogP contribution is -2.39. The lowest BCUT2D eigenvalue weighted by atomic mass is 9.96. The monoisotopic (exact) mass is 666 g/mol. The number of ether oxygens (including phenoxy) is 4. The minimum absolute atomic E-state index is 0.199. The largest absolute Gasteiger partial charge is 0.494 e. The van der Waals surface area contributed by atoms with Crippen molar-refractivity contribution in [3.63, 3.8) is 0 Å². The number of esters is 1. The van der Waals surface area contributed by atoms with Crippen molar-refractivity contribution in [1.29, 1.82) is 0 Å². The molecular formula is C34H32Cl2N2O6S. The summed E-state index contributed by atoms with van der Waals surface area (Å²) in [7, 11) is 0. The molecule has 1 aromatic heterocycles. The first-order valence-electron chi connectivity index (χ1n) is 14.5. The van der Waals surface area contributed by atoms with Gasteiger partial charge in [0, 0.05) is 15.6 Å². The van der Waals surface area contributed by atoms with Gasteiger partial charge >= 0.3 is 5.97 Å². The molecule has 1 atom stereocenters. The maximum absolute atomic E-state index is 14.0. The van der Waals surface area contributed by atoms with E-state index in [9.17, 15) is 9.59 Å². The van der Waals surface area contributed by atoms with Gasteiger partial charge in [-0.2, -0.15) is 0 Å². The van der Waals surface area contributed by atoms with Crippen molar-refractivity contribution >= 4 is 46.6 Å². The van der Waals surface area contributed by atoms with Gasteiger partial charge in [0.15, 0.2) is 16.3 Å². The topological polar surface area (TPSA) is 88.4 Å². The molecule has 0 amide bonds. The Bertz CT molecular complexity index is 1930. The molecule has 11 heteroatoms. The molecule has 1 aliphatic heterocycles. The van der Waals surface area contributed by atoms with Gasteiger partial charge in [-0.05, 0) is 81.3 Å². The molecule has 0 bridgehead atoms. The quantitative estimate of drug-likeness (QED) is 0.170. The van der Waals surface area contributed by atoms with E-state index >= 15 is 0 Å². The standard InChI is InChI=1S/C34H32Cl2N2O6S/c1-5-41-25-13-10-22(11-14-25)31-30(33(40)43-7-3)20(4)37-34-38(31)32(39)29(45-34)17-21-8-15-27(28(16-21)42-6-2)44-19-23-9-12-24(35)18-26(23)36/h8-18,31H,5-7,19H2,1-4H3/b29-17-/t31-/m0/s1. The molecule has 0 radical (unpaired) electrons. The molecular weight excluding hydrogens is 635 g/mol. The van der Waals surface area contributed by atoms with Gasteiger partial charge in [-0.15, -0.1) is 0 Å². The summed E-state index contributed by atoms with van der Waals surface area (Å²) < 4.78 is 24.9. The van der Waals surface area contributed by atoms with Gasteiger partial charge in [0.05, 0.1) is 41.7 Å². The predicted molar refractivity (Wildman–Crippen MR) is 176 cm³/mol. The zero-order valence-corrected chi connectivity index (χ0v) is 27.6. The Kier molecular flexibility index (Phi) is 10.3. The minimum atomic E-state index is -0.715. The third-order valence-corrected chi connectivity index (χ3v) is 8.56. The third-order valence-electron chi connectivity index (χ3n) is 6.99. The smallest absolute Gasteiger partial charge is 0.338 e. The van der Waals surface area contributed by atoms with E-state index in [4.69, 9.17) is 42.1 Å². The Hall–Kier alpha value is -4.05. The van der Waals surface area contributed by atoms with Crippen LogP contribution in [0, 0.1) is 0 Å². The van der Waals surface area contributed by atoms with E-state index in [1.807, 2.05) is 56.3 Å². The van der Waals surface area contributed by atoms with Crippen molar-refractivity contribution in [2.75, 3.05) is 19.8 Å². The molecule has 0 fully saturated rings. The van der Waals surface area contributed by atoms with Gasteiger partial charge in [-0.1, -0.05) is 58.8 Å². The van der Waals surface area contributed by atoms with Gasteiger partial charge in [-0.3, -0.25) is 9.36 Å². The van der Waals surface area contributed by atoms with Crippen LogP contribution in [0.1, 0.15) is 50.4 Å². The van der Waals surface area contributed by atoms with E-state index in [0.717, 1.165) is 16.7 Å². The van der Waals surface area contributed by atoms with Crippen molar-refractivity contribution < 1.29 is 23.7 Å².